The average molecular weight is 581 g/mol. The maximum atomic E-state index is 13.4. The van der Waals surface area contributed by atoms with E-state index >= 15 is 0 Å². The molecule has 0 bridgehead atoms. The summed E-state index contributed by atoms with van der Waals surface area (Å²) < 4.78 is 0. The molecule has 0 spiro atoms. The highest BCUT2D eigenvalue weighted by Gasteiger charge is 2.33. The third-order valence-electron chi connectivity index (χ3n) is 8.36. The second kappa shape index (κ2) is 8.05. The van der Waals surface area contributed by atoms with Gasteiger partial charge in [0.15, 0.2) is 10.9 Å². The van der Waals surface area contributed by atoms with E-state index in [9.17, 15) is 45.0 Å². The Hall–Kier alpha value is -6.01. The van der Waals surface area contributed by atoms with E-state index in [1.807, 2.05) is 0 Å². The van der Waals surface area contributed by atoms with Gasteiger partial charge in [0.05, 0.1) is 21.5 Å². The lowest BCUT2D eigenvalue weighted by Crippen LogP contribution is -2.25. The number of urea groups is 1. The number of hydroxylamine groups is 1. The van der Waals surface area contributed by atoms with Crippen LogP contribution in [0.4, 0.5) is 4.79 Å². The van der Waals surface area contributed by atoms with Gasteiger partial charge in [-0.15, -0.1) is 0 Å². The molecule has 0 unspecified atom stereocenters. The van der Waals surface area contributed by atoms with Crippen molar-refractivity contribution in [3.8, 4) is 34.5 Å². The lowest BCUT2D eigenvalue weighted by Gasteiger charge is -2.25. The van der Waals surface area contributed by atoms with E-state index in [0.717, 1.165) is 12.1 Å². The number of nitrogens with two attached hydrogens (primary N) is 1. The Morgan fingerprint density at radius 2 is 0.791 bits per heavy atom. The van der Waals surface area contributed by atoms with Crippen LogP contribution in [0.3, 0.4) is 0 Å². The molecule has 8 aromatic carbocycles. The number of benzene rings is 8. The number of amides is 2. The first-order valence-electron chi connectivity index (χ1n) is 12.8. The Kier molecular flexibility index (Phi) is 4.85. The van der Waals surface area contributed by atoms with Crippen molar-refractivity contribution in [1.82, 2.24) is 5.48 Å². The Labute approximate surface area is 237 Å². The molecule has 0 heterocycles. The zero-order valence-electron chi connectivity index (χ0n) is 22.2. The van der Waals surface area contributed by atoms with Gasteiger partial charge in [-0.3, -0.25) is 14.8 Å². The number of carbonyl (C=O) groups excluding carboxylic acids is 1. The fourth-order valence-electron chi connectivity index (χ4n) is 6.98. The van der Waals surface area contributed by atoms with Gasteiger partial charge in [0, 0.05) is 55.2 Å². The van der Waals surface area contributed by atoms with E-state index < -0.39 is 51.4 Å². The van der Waals surface area contributed by atoms with Crippen LogP contribution in [0, 0.1) is 13.8 Å². The summed E-state index contributed by atoms with van der Waals surface area (Å²) in [6, 6.07) is 3.83. The largest absolute Gasteiger partial charge is 0.507 e. The minimum Gasteiger partial charge on any atom is -0.507 e. The van der Waals surface area contributed by atoms with Gasteiger partial charge >= 0.3 is 6.03 Å². The van der Waals surface area contributed by atoms with Crippen molar-refractivity contribution >= 4 is 81.4 Å². The predicted molar refractivity (Wildman–Crippen MR) is 160 cm³/mol. The monoisotopic (exact) mass is 580 g/mol. The van der Waals surface area contributed by atoms with E-state index in [1.54, 1.807) is 13.8 Å². The molecule has 0 aliphatic rings. The fourth-order valence-corrected chi connectivity index (χ4v) is 6.98. The third kappa shape index (κ3) is 2.89. The Bertz CT molecular complexity index is 2470. The van der Waals surface area contributed by atoms with Gasteiger partial charge in [-0.25, -0.2) is 10.3 Å². The number of rotatable bonds is 0. The summed E-state index contributed by atoms with van der Waals surface area (Å²) in [5.41, 5.74) is 5.63. The number of hydrogen-bond donors (Lipinski definition) is 9. The molecular weight excluding hydrogens is 560 g/mol. The van der Waals surface area contributed by atoms with Crippen molar-refractivity contribution in [2.45, 2.75) is 13.8 Å². The van der Waals surface area contributed by atoms with Crippen molar-refractivity contribution in [3.63, 3.8) is 0 Å². The molecule has 0 radical (unpaired) electrons. The lowest BCUT2D eigenvalue weighted by atomic mass is 9.78. The van der Waals surface area contributed by atoms with Crippen molar-refractivity contribution in [2.75, 3.05) is 0 Å². The van der Waals surface area contributed by atoms with E-state index in [2.05, 4.69) is 5.73 Å². The molecule has 0 saturated carbocycles. The summed E-state index contributed by atoms with van der Waals surface area (Å²) in [6.07, 6.45) is 0. The van der Waals surface area contributed by atoms with E-state index in [4.69, 9.17) is 5.21 Å². The lowest BCUT2D eigenvalue weighted by molar-refractivity contribution is 0.169. The normalized spacial score (nSPS) is 12.1. The molecule has 0 saturated heterocycles. The maximum absolute atomic E-state index is 13.4. The molecule has 0 aromatic heterocycles. The molecule has 0 atom stereocenters. The standard InChI is InChI=1S/C30H16O8.CH4N2O2/c1-7-3-9(31)19-23-15(7)16-8(2)4-10(32)20-24(16)28-26-18(12(34)6-14(36)22(26)30(20)38)17-11(33)5-13(35)21(29(19)37)25(17)27(23)28;2-1(4)3-5/h3-6,33-38H,1-2H3;5H,(H3,2,3,4). The topological polar surface area (TPSA) is 231 Å². The van der Waals surface area contributed by atoms with Crippen molar-refractivity contribution in [3.05, 3.63) is 55.8 Å². The van der Waals surface area contributed by atoms with Gasteiger partial charge in [-0.05, 0) is 47.9 Å². The van der Waals surface area contributed by atoms with Crippen LogP contribution in [-0.4, -0.2) is 41.9 Å². The summed E-state index contributed by atoms with van der Waals surface area (Å²) in [5.74, 6) is -2.75. The Morgan fingerprint density at radius 1 is 0.512 bits per heavy atom. The molecule has 2 amide bonds. The highest BCUT2D eigenvalue weighted by atomic mass is 16.5. The number of phenolic OH excluding ortho intramolecular Hbond substituents is 6. The van der Waals surface area contributed by atoms with Crippen LogP contribution in [0.2, 0.25) is 0 Å². The van der Waals surface area contributed by atoms with Crippen LogP contribution >= 0.6 is 0 Å². The number of aryl methyl sites for hydroxylation is 2. The molecule has 12 heteroatoms. The maximum Gasteiger partial charge on any atom is 0.335 e. The smallest absolute Gasteiger partial charge is 0.335 e. The fraction of sp³-hybridized carbons (Fsp3) is 0.0645. The van der Waals surface area contributed by atoms with Crippen LogP contribution in [0.25, 0.3) is 75.4 Å². The third-order valence-corrected chi connectivity index (χ3v) is 8.36. The molecule has 214 valence electrons. The SMILES string of the molecule is Cc1cc(=O)c2c(O)c3c(O)cc(O)c4c5c(O)cc(O)c6c(O)c7c(=O)cc(C)c8c1c2c(c34)c(c65)c78.NC(=O)NO. The number of hydrogen-bond acceptors (Lipinski definition) is 10. The molecule has 10 N–H and O–H groups in total. The quantitative estimate of drug-likeness (QED) is 0.0539. The highest BCUT2D eigenvalue weighted by Crippen LogP contribution is 2.60. The summed E-state index contributed by atoms with van der Waals surface area (Å²) >= 11 is 0. The van der Waals surface area contributed by atoms with Gasteiger partial charge < -0.3 is 36.4 Å². The zero-order chi connectivity index (χ0) is 31.0. The van der Waals surface area contributed by atoms with Gasteiger partial charge in [-0.1, -0.05) is 0 Å². The van der Waals surface area contributed by atoms with Crippen LogP contribution in [0.5, 0.6) is 34.5 Å². The highest BCUT2D eigenvalue weighted by molar-refractivity contribution is 6.51. The first-order valence-corrected chi connectivity index (χ1v) is 12.8. The molecule has 8 rings (SSSR count). The predicted octanol–water partition coefficient (Wildman–Crippen LogP) is 4.12. The minimum atomic E-state index is -0.940. The molecule has 0 aliphatic heterocycles. The number of phenols is 6. The minimum absolute atomic E-state index is 0.0431. The van der Waals surface area contributed by atoms with Gasteiger partial charge in [0.2, 0.25) is 0 Å². The zero-order valence-corrected chi connectivity index (χ0v) is 22.2. The van der Waals surface area contributed by atoms with Gasteiger partial charge in [-0.2, -0.15) is 0 Å². The number of nitrogens with one attached hydrogen (secondary N) is 1. The van der Waals surface area contributed by atoms with Crippen LogP contribution < -0.4 is 22.1 Å². The second-order valence-electron chi connectivity index (χ2n) is 10.6. The van der Waals surface area contributed by atoms with E-state index in [0.29, 0.717) is 43.4 Å². The van der Waals surface area contributed by atoms with E-state index in [1.165, 1.54) is 17.6 Å². The molecule has 0 aliphatic carbocycles. The molecule has 8 aromatic rings. The first-order chi connectivity index (χ1) is 20.3. The summed E-state index contributed by atoms with van der Waals surface area (Å²) in [6.45, 7) is 3.47. The Balaban J connectivity index is 0.000000558. The van der Waals surface area contributed by atoms with E-state index in [-0.39, 0.29) is 43.1 Å². The first kappa shape index (κ1) is 25.9. The van der Waals surface area contributed by atoms with Crippen LogP contribution in [0.15, 0.2) is 33.9 Å². The molecule has 0 fully saturated rings. The number of carbonyl (C=O) groups is 1. The van der Waals surface area contributed by atoms with Crippen molar-refractivity contribution in [1.29, 1.82) is 0 Å². The number of fused-ring (bicyclic) bond motifs is 2. The van der Waals surface area contributed by atoms with Gasteiger partial charge in [0.1, 0.15) is 34.5 Å². The Morgan fingerprint density at radius 3 is 1.12 bits per heavy atom. The van der Waals surface area contributed by atoms with Gasteiger partial charge in [0.25, 0.3) is 0 Å². The number of aromatic hydroxyl groups is 6. The molecule has 43 heavy (non-hydrogen) atoms. The molecule has 12 nitrogen and oxygen atoms in total. The van der Waals surface area contributed by atoms with Crippen molar-refractivity contribution in [2.24, 2.45) is 5.73 Å². The summed E-state index contributed by atoms with van der Waals surface area (Å²) in [4.78, 5) is 35.9. The van der Waals surface area contributed by atoms with Crippen LogP contribution in [0.1, 0.15) is 11.1 Å². The second-order valence-corrected chi connectivity index (χ2v) is 10.6. The molecular formula is C31H20N2O10. The van der Waals surface area contributed by atoms with Crippen LogP contribution in [-0.2, 0) is 0 Å². The van der Waals surface area contributed by atoms with Crippen molar-refractivity contribution < 1.29 is 40.6 Å². The number of primary amides is 1. The summed E-state index contributed by atoms with van der Waals surface area (Å²) in [5, 5.41) is 77.0. The summed E-state index contributed by atoms with van der Waals surface area (Å²) in [7, 11) is 0. The average Bonchev–Trinajstić information content (AvgIpc) is 2.92.